The van der Waals surface area contributed by atoms with Crippen molar-refractivity contribution in [2.75, 3.05) is 7.11 Å². The number of hydrogen-bond acceptors (Lipinski definition) is 7. The Hall–Kier alpha value is -1.84. The summed E-state index contributed by atoms with van der Waals surface area (Å²) in [6.07, 6.45) is 0. The Morgan fingerprint density at radius 1 is 1.24 bits per heavy atom. The van der Waals surface area contributed by atoms with Crippen molar-refractivity contribution in [3.63, 3.8) is 0 Å². The first-order valence-electron chi connectivity index (χ1n) is 5.36. The van der Waals surface area contributed by atoms with Crippen molar-refractivity contribution in [1.29, 1.82) is 0 Å². The van der Waals surface area contributed by atoms with E-state index in [1.807, 2.05) is 0 Å². The summed E-state index contributed by atoms with van der Waals surface area (Å²) in [6.45, 7) is 0. The zero-order chi connectivity index (χ0) is 15.6. The monoisotopic (exact) mass is 349 g/mol. The predicted molar refractivity (Wildman–Crippen MR) is 76.8 cm³/mol. The van der Waals surface area contributed by atoms with Gasteiger partial charge in [-0.1, -0.05) is 11.6 Å². The molecule has 0 aliphatic carbocycles. The summed E-state index contributed by atoms with van der Waals surface area (Å²) in [4.78, 5) is 9.91. The molecular formula is C11H8ClNO6S2. The third-order valence-corrected chi connectivity index (χ3v) is 5.37. The van der Waals surface area contributed by atoms with Gasteiger partial charge in [-0.2, -0.15) is 8.42 Å². The van der Waals surface area contributed by atoms with Crippen molar-refractivity contribution in [3.8, 4) is 11.5 Å². The minimum atomic E-state index is -4.18. The van der Waals surface area contributed by atoms with Gasteiger partial charge in [0, 0.05) is 0 Å². The smallest absolute Gasteiger partial charge is 0.349 e. The Labute approximate surface area is 129 Å². The number of hydrogen-bond donors (Lipinski definition) is 0. The van der Waals surface area contributed by atoms with Crippen molar-refractivity contribution >= 4 is 38.7 Å². The van der Waals surface area contributed by atoms with Crippen LogP contribution in [0.25, 0.3) is 0 Å². The Kier molecular flexibility index (Phi) is 4.35. The van der Waals surface area contributed by atoms with Gasteiger partial charge in [-0.25, -0.2) is 0 Å². The van der Waals surface area contributed by atoms with E-state index in [0.717, 1.165) is 6.07 Å². The fourth-order valence-electron chi connectivity index (χ4n) is 1.39. The normalized spacial score (nSPS) is 11.1. The van der Waals surface area contributed by atoms with Gasteiger partial charge in [-0.15, -0.1) is 11.3 Å². The van der Waals surface area contributed by atoms with E-state index in [1.165, 1.54) is 31.4 Å². The van der Waals surface area contributed by atoms with Gasteiger partial charge >= 0.3 is 10.1 Å². The Balaban J connectivity index is 2.29. The third kappa shape index (κ3) is 3.43. The van der Waals surface area contributed by atoms with Crippen molar-refractivity contribution in [1.82, 2.24) is 0 Å². The zero-order valence-electron chi connectivity index (χ0n) is 10.5. The highest BCUT2D eigenvalue weighted by Gasteiger charge is 2.26. The van der Waals surface area contributed by atoms with Crippen LogP contribution < -0.4 is 8.92 Å². The number of halogens is 1. The number of rotatable bonds is 5. The molecule has 1 aromatic carbocycles. The molecule has 0 spiro atoms. The number of benzene rings is 1. The van der Waals surface area contributed by atoms with E-state index in [4.69, 9.17) is 20.5 Å². The van der Waals surface area contributed by atoms with Crippen LogP contribution in [0.15, 0.2) is 34.5 Å². The van der Waals surface area contributed by atoms with Crippen LogP contribution in [0.2, 0.25) is 4.34 Å². The second-order valence-electron chi connectivity index (χ2n) is 3.69. The van der Waals surface area contributed by atoms with Crippen molar-refractivity contribution in [2.24, 2.45) is 0 Å². The molecule has 0 N–H and O–H groups in total. The number of ether oxygens (including phenoxy) is 1. The van der Waals surface area contributed by atoms with Gasteiger partial charge in [0.15, 0.2) is 8.55 Å². The fraction of sp³-hybridized carbons (Fsp3) is 0.0909. The van der Waals surface area contributed by atoms with E-state index < -0.39 is 20.7 Å². The lowest BCUT2D eigenvalue weighted by Gasteiger charge is -2.05. The lowest BCUT2D eigenvalue weighted by Crippen LogP contribution is -2.07. The Morgan fingerprint density at radius 3 is 2.29 bits per heavy atom. The van der Waals surface area contributed by atoms with Gasteiger partial charge < -0.3 is 8.92 Å². The Bertz CT molecular complexity index is 769. The molecule has 2 rings (SSSR count). The van der Waals surface area contributed by atoms with Crippen LogP contribution in [0.4, 0.5) is 5.69 Å². The first kappa shape index (κ1) is 15.5. The van der Waals surface area contributed by atoms with Crippen molar-refractivity contribution < 1.29 is 22.3 Å². The summed E-state index contributed by atoms with van der Waals surface area (Å²) >= 11 is 6.19. The minimum absolute atomic E-state index is 0.0583. The van der Waals surface area contributed by atoms with Crippen molar-refractivity contribution in [3.05, 3.63) is 44.8 Å². The molecule has 7 nitrogen and oxygen atoms in total. The largest absolute Gasteiger partial charge is 0.497 e. The summed E-state index contributed by atoms with van der Waals surface area (Å²) in [7, 11) is -2.71. The summed E-state index contributed by atoms with van der Waals surface area (Å²) in [5.41, 5.74) is -0.474. The molecule has 0 unspecified atom stereocenters. The van der Waals surface area contributed by atoms with E-state index in [2.05, 4.69) is 0 Å². The molecular weight excluding hydrogens is 342 g/mol. The molecule has 0 saturated heterocycles. The fourth-order valence-corrected chi connectivity index (χ4v) is 3.94. The average Bonchev–Trinajstić information content (AvgIpc) is 2.82. The van der Waals surface area contributed by atoms with Gasteiger partial charge in [0.1, 0.15) is 11.5 Å². The van der Waals surface area contributed by atoms with E-state index in [9.17, 15) is 18.5 Å². The second-order valence-corrected chi connectivity index (χ2v) is 7.12. The molecule has 0 aliphatic heterocycles. The van der Waals surface area contributed by atoms with Crippen LogP contribution >= 0.6 is 22.9 Å². The number of methoxy groups -OCH3 is 1. The van der Waals surface area contributed by atoms with Crippen LogP contribution in [0.1, 0.15) is 0 Å². The summed E-state index contributed by atoms with van der Waals surface area (Å²) < 4.78 is 33.3. The molecule has 2 aromatic rings. The van der Waals surface area contributed by atoms with E-state index in [-0.39, 0.29) is 14.3 Å². The minimum Gasteiger partial charge on any atom is -0.497 e. The lowest BCUT2D eigenvalue weighted by molar-refractivity contribution is -0.384. The first-order chi connectivity index (χ1) is 9.83. The maximum atomic E-state index is 12.0. The lowest BCUT2D eigenvalue weighted by atomic mass is 10.3. The van der Waals surface area contributed by atoms with Gasteiger partial charge in [0.05, 0.1) is 18.1 Å². The van der Waals surface area contributed by atoms with Crippen LogP contribution in [-0.4, -0.2) is 20.5 Å². The highest BCUT2D eigenvalue weighted by Crippen LogP contribution is 2.37. The summed E-state index contributed by atoms with van der Waals surface area (Å²) in [5.74, 6) is 0.595. The molecule has 1 aromatic heterocycles. The molecule has 21 heavy (non-hydrogen) atoms. The quantitative estimate of drug-likeness (QED) is 0.467. The number of nitro groups is 1. The Morgan fingerprint density at radius 2 is 1.81 bits per heavy atom. The molecule has 112 valence electrons. The highest BCUT2D eigenvalue weighted by atomic mass is 35.5. The molecule has 1 heterocycles. The molecule has 0 atom stereocenters. The molecule has 0 saturated carbocycles. The molecule has 0 amide bonds. The summed E-state index contributed by atoms with van der Waals surface area (Å²) in [6, 6.07) is 6.72. The van der Waals surface area contributed by atoms with Crippen LogP contribution in [0.3, 0.4) is 0 Å². The molecule has 0 fully saturated rings. The maximum absolute atomic E-state index is 12.0. The predicted octanol–water partition coefficient (Wildman–Crippen LogP) is 3.09. The van der Waals surface area contributed by atoms with Crippen LogP contribution in [-0.2, 0) is 10.1 Å². The molecule has 0 bridgehead atoms. The first-order valence-corrected chi connectivity index (χ1v) is 7.96. The number of thiophene rings is 1. The molecule has 10 heteroatoms. The topological polar surface area (TPSA) is 95.7 Å². The molecule has 0 aliphatic rings. The van der Waals surface area contributed by atoms with Gasteiger partial charge in [0.2, 0.25) is 0 Å². The van der Waals surface area contributed by atoms with Crippen molar-refractivity contribution in [2.45, 2.75) is 4.21 Å². The van der Waals surface area contributed by atoms with Crippen LogP contribution in [0, 0.1) is 10.1 Å². The van der Waals surface area contributed by atoms with E-state index in [0.29, 0.717) is 17.1 Å². The van der Waals surface area contributed by atoms with Gasteiger partial charge in [-0.3, -0.25) is 10.1 Å². The van der Waals surface area contributed by atoms with E-state index in [1.54, 1.807) is 0 Å². The number of nitrogens with zero attached hydrogens (tertiary/aromatic N) is 1. The summed E-state index contributed by atoms with van der Waals surface area (Å²) in [5, 5.41) is 10.7. The highest BCUT2D eigenvalue weighted by molar-refractivity contribution is 7.89. The van der Waals surface area contributed by atoms with Gasteiger partial charge in [0.25, 0.3) is 5.69 Å². The van der Waals surface area contributed by atoms with E-state index >= 15 is 0 Å². The SMILES string of the molecule is COc1ccc(OS(=O)(=O)c2cc([N+](=O)[O-])c(Cl)s2)cc1. The zero-order valence-corrected chi connectivity index (χ0v) is 12.9. The standard InChI is InChI=1S/C11H8ClNO6S2/c1-18-7-2-4-8(5-3-7)19-21(16,17)10-6-9(13(14)15)11(12)20-10/h2-6H,1H3. The average molecular weight is 350 g/mol. The third-order valence-electron chi connectivity index (χ3n) is 2.35. The maximum Gasteiger partial charge on any atom is 0.349 e. The van der Waals surface area contributed by atoms with Crippen LogP contribution in [0.5, 0.6) is 11.5 Å². The van der Waals surface area contributed by atoms with Gasteiger partial charge in [-0.05, 0) is 24.3 Å². The molecule has 0 radical (unpaired) electrons. The second kappa shape index (κ2) is 5.88.